The topological polar surface area (TPSA) is 77.5 Å². The number of rotatable bonds is 4. The molecule has 0 bridgehead atoms. The first-order valence-corrected chi connectivity index (χ1v) is 10.9. The van der Waals surface area contributed by atoms with Crippen LogP contribution in [0.25, 0.3) is 26.9 Å². The van der Waals surface area contributed by atoms with Gasteiger partial charge in [0, 0.05) is 22.4 Å². The Morgan fingerprint density at radius 3 is 2.77 bits per heavy atom. The summed E-state index contributed by atoms with van der Waals surface area (Å²) < 4.78 is 0.976. The Morgan fingerprint density at radius 2 is 2.03 bits per heavy atom. The number of hydrogen-bond acceptors (Lipinski definition) is 6. The molecule has 0 fully saturated rings. The zero-order valence-electron chi connectivity index (χ0n) is 16.9. The number of nitrogens with one attached hydrogen (secondary N) is 2. The van der Waals surface area contributed by atoms with Crippen molar-refractivity contribution in [3.8, 4) is 11.1 Å². The van der Waals surface area contributed by atoms with Gasteiger partial charge in [-0.05, 0) is 60.9 Å². The van der Waals surface area contributed by atoms with Gasteiger partial charge in [-0.1, -0.05) is 23.7 Å². The van der Waals surface area contributed by atoms with Gasteiger partial charge >= 0.3 is 5.97 Å². The number of hydrogen-bond donors (Lipinski definition) is 3. The van der Waals surface area contributed by atoms with E-state index in [0.717, 1.165) is 54.4 Å². The Balaban J connectivity index is 1.71. The van der Waals surface area contributed by atoms with Crippen LogP contribution in [0.3, 0.4) is 0 Å². The van der Waals surface area contributed by atoms with Crippen molar-refractivity contribution >= 4 is 44.7 Å². The van der Waals surface area contributed by atoms with E-state index in [-0.39, 0.29) is 6.42 Å². The van der Waals surface area contributed by atoms with Gasteiger partial charge in [0.25, 0.3) is 0 Å². The van der Waals surface area contributed by atoms with Crippen LogP contribution in [-0.4, -0.2) is 21.1 Å². The molecule has 1 aromatic heterocycles. The predicted molar refractivity (Wildman–Crippen MR) is 124 cm³/mol. The van der Waals surface area contributed by atoms with E-state index >= 15 is 0 Å². The molecule has 2 aliphatic heterocycles. The lowest BCUT2D eigenvalue weighted by Gasteiger charge is -2.18. The molecule has 0 saturated carbocycles. The van der Waals surface area contributed by atoms with E-state index in [2.05, 4.69) is 17.0 Å². The smallest absolute Gasteiger partial charge is 0.307 e. The number of thiazole rings is 1. The number of aromatic nitrogens is 1. The summed E-state index contributed by atoms with van der Waals surface area (Å²) in [5, 5.41) is 13.0. The van der Waals surface area contributed by atoms with Gasteiger partial charge in [-0.15, -0.1) is 16.9 Å². The third-order valence-corrected chi connectivity index (χ3v) is 6.81. The molecule has 2 aliphatic rings. The van der Waals surface area contributed by atoms with E-state index in [1.165, 1.54) is 0 Å². The zero-order valence-corrected chi connectivity index (χ0v) is 18.4. The normalized spacial score (nSPS) is 15.3. The number of carboxylic acid groups (broad SMARTS) is 1. The summed E-state index contributed by atoms with van der Waals surface area (Å²) in [6.07, 6.45) is 6.02. The van der Waals surface area contributed by atoms with Crippen molar-refractivity contribution in [2.75, 3.05) is 0 Å². The van der Waals surface area contributed by atoms with E-state index in [0.29, 0.717) is 5.02 Å². The van der Waals surface area contributed by atoms with Crippen molar-refractivity contribution in [1.29, 1.82) is 0 Å². The van der Waals surface area contributed by atoms with Crippen molar-refractivity contribution in [3.63, 3.8) is 0 Å². The number of carboxylic acids is 1. The first-order valence-electron chi connectivity index (χ1n) is 9.73. The molecule has 0 radical (unpaired) electrons. The Bertz CT molecular complexity index is 1320. The number of fused-ring (bicyclic) bond motifs is 2. The molecule has 0 spiro atoms. The van der Waals surface area contributed by atoms with Crippen molar-refractivity contribution in [1.82, 2.24) is 21.0 Å². The van der Waals surface area contributed by atoms with Gasteiger partial charge in [0.2, 0.25) is 0 Å². The van der Waals surface area contributed by atoms with Crippen molar-refractivity contribution in [2.45, 2.75) is 20.3 Å². The molecule has 8 heteroatoms. The highest BCUT2D eigenvalue weighted by Crippen LogP contribution is 2.41. The summed E-state index contributed by atoms with van der Waals surface area (Å²) in [6, 6.07) is 9.50. The highest BCUT2D eigenvalue weighted by atomic mass is 35.5. The van der Waals surface area contributed by atoms with Crippen LogP contribution in [0.5, 0.6) is 0 Å². The number of carbonyl (C=O) groups is 1. The molecule has 5 rings (SSSR count). The van der Waals surface area contributed by atoms with Crippen LogP contribution in [0.2, 0.25) is 5.02 Å². The van der Waals surface area contributed by atoms with Gasteiger partial charge in [0.05, 0.1) is 28.0 Å². The van der Waals surface area contributed by atoms with Crippen molar-refractivity contribution in [3.05, 3.63) is 81.2 Å². The van der Waals surface area contributed by atoms with E-state index in [4.69, 9.17) is 16.6 Å². The maximum Gasteiger partial charge on any atom is 0.307 e. The fourth-order valence-corrected chi connectivity index (χ4v) is 5.15. The number of aliphatic carboxylic acids is 1. The van der Waals surface area contributed by atoms with Crippen LogP contribution in [0, 0.1) is 6.92 Å². The third-order valence-electron chi connectivity index (χ3n) is 5.42. The molecule has 3 heterocycles. The molecule has 6 nitrogen and oxygen atoms in total. The molecule has 0 aliphatic carbocycles. The van der Waals surface area contributed by atoms with Crippen molar-refractivity contribution in [2.24, 2.45) is 0 Å². The number of nitrogens with zero attached hydrogens (tertiary/aromatic N) is 2. The maximum atomic E-state index is 11.6. The van der Waals surface area contributed by atoms with Gasteiger partial charge in [0.15, 0.2) is 0 Å². The van der Waals surface area contributed by atoms with Crippen LogP contribution in [0.1, 0.15) is 23.1 Å². The molecular formula is C23H19ClN4O2S. The predicted octanol–water partition coefficient (Wildman–Crippen LogP) is 5.02. The largest absolute Gasteiger partial charge is 0.481 e. The molecular weight excluding hydrogens is 432 g/mol. The van der Waals surface area contributed by atoms with Gasteiger partial charge < -0.3 is 10.5 Å². The second kappa shape index (κ2) is 7.53. The molecule has 0 saturated heterocycles. The van der Waals surface area contributed by atoms with E-state index in [1.807, 2.05) is 61.5 Å². The summed E-state index contributed by atoms with van der Waals surface area (Å²) in [6.45, 7) is 3.95. The van der Waals surface area contributed by atoms with Crippen LogP contribution < -0.4 is 11.0 Å². The molecule has 3 aromatic rings. The number of hydrazine groups is 2. The molecule has 0 unspecified atom stereocenters. The molecule has 0 atom stereocenters. The minimum absolute atomic E-state index is 0.0477. The van der Waals surface area contributed by atoms with Crippen LogP contribution in [0.4, 0.5) is 0 Å². The first-order chi connectivity index (χ1) is 14.9. The Morgan fingerprint density at radius 1 is 1.26 bits per heavy atom. The Labute approximate surface area is 188 Å². The lowest BCUT2D eigenvalue weighted by Crippen LogP contribution is -2.34. The lowest BCUT2D eigenvalue weighted by molar-refractivity contribution is -0.136. The Kier molecular flexibility index (Phi) is 4.81. The van der Waals surface area contributed by atoms with E-state index < -0.39 is 5.97 Å². The van der Waals surface area contributed by atoms with Crippen LogP contribution in [-0.2, 0) is 11.2 Å². The van der Waals surface area contributed by atoms with E-state index in [1.54, 1.807) is 11.3 Å². The fourth-order valence-electron chi connectivity index (χ4n) is 3.89. The number of allylic oxidation sites excluding steroid dienone is 4. The quantitative estimate of drug-likeness (QED) is 0.518. The summed E-state index contributed by atoms with van der Waals surface area (Å²) in [7, 11) is 0. The molecule has 0 amide bonds. The van der Waals surface area contributed by atoms with Crippen LogP contribution in [0.15, 0.2) is 60.1 Å². The van der Waals surface area contributed by atoms with Crippen molar-refractivity contribution < 1.29 is 9.90 Å². The summed E-state index contributed by atoms with van der Waals surface area (Å²) in [5.41, 5.74) is 13.7. The summed E-state index contributed by atoms with van der Waals surface area (Å²) >= 11 is 7.67. The average Bonchev–Trinajstić information content (AvgIpc) is 3.32. The maximum absolute atomic E-state index is 11.6. The minimum Gasteiger partial charge on any atom is -0.481 e. The summed E-state index contributed by atoms with van der Waals surface area (Å²) in [5.74, 6) is -0.857. The minimum atomic E-state index is -0.857. The Hall–Kier alpha value is -3.13. The second-order valence-electron chi connectivity index (χ2n) is 7.52. The monoisotopic (exact) mass is 450 g/mol. The molecule has 156 valence electrons. The third kappa shape index (κ3) is 3.50. The molecule has 31 heavy (non-hydrogen) atoms. The summed E-state index contributed by atoms with van der Waals surface area (Å²) in [4.78, 5) is 16.5. The SMILES string of the molecule is CC1=C2C=C(c3nc4cc(C)c(CC(=O)O)c(-c5ccc(Cl)cc5)c4s3)C=CN2NN1. The van der Waals surface area contributed by atoms with Crippen LogP contribution >= 0.6 is 22.9 Å². The van der Waals surface area contributed by atoms with Gasteiger partial charge in [-0.3, -0.25) is 9.80 Å². The van der Waals surface area contributed by atoms with E-state index in [9.17, 15) is 9.90 Å². The average molecular weight is 451 g/mol. The first kappa shape index (κ1) is 19.8. The zero-order chi connectivity index (χ0) is 21.7. The number of halogens is 1. The number of aryl methyl sites for hydroxylation is 1. The highest BCUT2D eigenvalue weighted by molar-refractivity contribution is 7.20. The van der Waals surface area contributed by atoms with Gasteiger partial charge in [-0.25, -0.2) is 4.98 Å². The molecule has 3 N–H and O–H groups in total. The number of benzene rings is 2. The fraction of sp³-hybridized carbons (Fsp3) is 0.130. The second-order valence-corrected chi connectivity index (χ2v) is 8.96. The molecule has 2 aromatic carbocycles. The highest BCUT2D eigenvalue weighted by Gasteiger charge is 2.23. The van der Waals surface area contributed by atoms with Gasteiger partial charge in [0.1, 0.15) is 5.01 Å². The lowest BCUT2D eigenvalue weighted by atomic mass is 9.93. The standard InChI is InChI=1S/C23H19ClN4O2S/c1-12-9-18-22(21(17(12)11-20(29)30)14-3-5-16(24)6-4-14)31-23(25-18)15-7-8-28-19(10-15)13(2)26-27-28/h3-10,26-27H,11H2,1-2H3,(H,29,30). The van der Waals surface area contributed by atoms with Gasteiger partial charge in [-0.2, -0.15) is 0 Å².